The molecule has 2 heteroatoms. The summed E-state index contributed by atoms with van der Waals surface area (Å²) in [6.07, 6.45) is 5.14. The van der Waals surface area contributed by atoms with Crippen LogP contribution in [0.2, 0.25) is 0 Å². The van der Waals surface area contributed by atoms with Crippen LogP contribution < -0.4 is 0 Å². The van der Waals surface area contributed by atoms with E-state index in [1.54, 1.807) is 0 Å². The van der Waals surface area contributed by atoms with Crippen molar-refractivity contribution in [2.75, 3.05) is 6.61 Å². The summed E-state index contributed by atoms with van der Waals surface area (Å²) in [4.78, 5) is 10.6. The van der Waals surface area contributed by atoms with Crippen LogP contribution in [0, 0.1) is 5.92 Å². The number of unbranched alkanes of at least 4 members (excludes halogenated alkanes) is 1. The van der Waals surface area contributed by atoms with E-state index in [1.807, 2.05) is 18.2 Å². The van der Waals surface area contributed by atoms with Crippen molar-refractivity contribution in [2.45, 2.75) is 39.2 Å². The number of carbonyl (C=O) groups is 1. The maximum absolute atomic E-state index is 10.6. The second-order valence-corrected chi connectivity index (χ2v) is 4.34. The Morgan fingerprint density at radius 1 is 1.24 bits per heavy atom. The van der Waals surface area contributed by atoms with Crippen molar-refractivity contribution in [3.05, 3.63) is 35.9 Å². The van der Waals surface area contributed by atoms with E-state index in [1.165, 1.54) is 5.56 Å². The molecule has 0 aromatic heterocycles. The molecule has 0 aliphatic rings. The summed E-state index contributed by atoms with van der Waals surface area (Å²) in [6.45, 7) is 3.53. The van der Waals surface area contributed by atoms with Gasteiger partial charge in [-0.2, -0.15) is 0 Å². The van der Waals surface area contributed by atoms with Crippen molar-refractivity contribution in [3.8, 4) is 0 Å². The highest BCUT2D eigenvalue weighted by Crippen LogP contribution is 2.10. The van der Waals surface area contributed by atoms with Gasteiger partial charge in [-0.1, -0.05) is 43.7 Å². The predicted molar refractivity (Wildman–Crippen MR) is 69.8 cm³/mol. The summed E-state index contributed by atoms with van der Waals surface area (Å²) in [5.74, 6) is 0.240. The van der Waals surface area contributed by atoms with Crippen molar-refractivity contribution in [1.82, 2.24) is 0 Å². The van der Waals surface area contributed by atoms with Crippen LogP contribution in [-0.4, -0.2) is 12.9 Å². The van der Waals surface area contributed by atoms with Gasteiger partial charge in [0.2, 0.25) is 0 Å². The second kappa shape index (κ2) is 8.94. The van der Waals surface area contributed by atoms with E-state index in [9.17, 15) is 4.79 Å². The number of benzene rings is 1. The first kappa shape index (κ1) is 13.9. The molecule has 0 aliphatic heterocycles. The standard InChI is InChI=1S/C15H22O2/c1-2-14(12-16)8-6-7-11-17-13-15-9-4-3-5-10-15/h3-5,9-10,12,14H,2,6-8,11,13H2,1H3. The van der Waals surface area contributed by atoms with Gasteiger partial charge in [-0.05, 0) is 24.8 Å². The SMILES string of the molecule is CCC(C=O)CCCCOCc1ccccc1. The predicted octanol–water partition coefficient (Wildman–Crippen LogP) is 3.60. The Kier molecular flexibility index (Phi) is 7.32. The molecule has 0 fully saturated rings. The zero-order chi connectivity index (χ0) is 12.3. The number of carbonyl (C=O) groups excluding carboxylic acids is 1. The Balaban J connectivity index is 2.00. The van der Waals surface area contributed by atoms with Crippen LogP contribution in [0.1, 0.15) is 38.2 Å². The molecule has 1 atom stereocenters. The smallest absolute Gasteiger partial charge is 0.123 e. The molecule has 0 aliphatic carbocycles. The minimum atomic E-state index is 0.240. The highest BCUT2D eigenvalue weighted by atomic mass is 16.5. The van der Waals surface area contributed by atoms with E-state index in [-0.39, 0.29) is 5.92 Å². The minimum Gasteiger partial charge on any atom is -0.377 e. The lowest BCUT2D eigenvalue weighted by Crippen LogP contribution is -2.01. The average molecular weight is 234 g/mol. The van der Waals surface area contributed by atoms with Gasteiger partial charge < -0.3 is 9.53 Å². The van der Waals surface area contributed by atoms with Crippen molar-refractivity contribution < 1.29 is 9.53 Å². The Hall–Kier alpha value is -1.15. The van der Waals surface area contributed by atoms with Gasteiger partial charge in [-0.25, -0.2) is 0 Å². The minimum absolute atomic E-state index is 0.240. The molecule has 2 nitrogen and oxygen atoms in total. The monoisotopic (exact) mass is 234 g/mol. The van der Waals surface area contributed by atoms with Crippen LogP contribution in [0.25, 0.3) is 0 Å². The van der Waals surface area contributed by atoms with Crippen LogP contribution in [-0.2, 0) is 16.1 Å². The number of ether oxygens (including phenoxy) is 1. The van der Waals surface area contributed by atoms with Gasteiger partial charge in [0, 0.05) is 12.5 Å². The quantitative estimate of drug-likeness (QED) is 0.482. The molecule has 1 aromatic rings. The summed E-state index contributed by atoms with van der Waals surface area (Å²) in [5.41, 5.74) is 1.21. The fraction of sp³-hybridized carbons (Fsp3) is 0.533. The molecule has 1 rings (SSSR count). The normalized spacial score (nSPS) is 12.3. The molecule has 0 saturated carbocycles. The highest BCUT2D eigenvalue weighted by Gasteiger charge is 2.03. The number of aldehydes is 1. The molecule has 0 heterocycles. The van der Waals surface area contributed by atoms with Crippen molar-refractivity contribution in [2.24, 2.45) is 5.92 Å². The molecule has 1 unspecified atom stereocenters. The van der Waals surface area contributed by atoms with Gasteiger partial charge in [0.1, 0.15) is 6.29 Å². The third kappa shape index (κ3) is 6.22. The number of rotatable bonds is 9. The van der Waals surface area contributed by atoms with Gasteiger partial charge in [0.15, 0.2) is 0 Å². The lowest BCUT2D eigenvalue weighted by atomic mass is 10.0. The third-order valence-corrected chi connectivity index (χ3v) is 2.94. The molecule has 0 spiro atoms. The topological polar surface area (TPSA) is 26.3 Å². The van der Waals surface area contributed by atoms with Crippen molar-refractivity contribution >= 4 is 6.29 Å². The molecule has 94 valence electrons. The van der Waals surface area contributed by atoms with Gasteiger partial charge in [-0.3, -0.25) is 0 Å². The summed E-state index contributed by atoms with van der Waals surface area (Å²) in [7, 11) is 0. The Morgan fingerprint density at radius 3 is 2.65 bits per heavy atom. The maximum Gasteiger partial charge on any atom is 0.123 e. The molecular formula is C15H22O2. The first-order valence-electron chi connectivity index (χ1n) is 6.43. The van der Waals surface area contributed by atoms with Gasteiger partial charge in [0.25, 0.3) is 0 Å². The lowest BCUT2D eigenvalue weighted by molar-refractivity contribution is -0.111. The first-order valence-corrected chi connectivity index (χ1v) is 6.43. The molecule has 17 heavy (non-hydrogen) atoms. The molecular weight excluding hydrogens is 212 g/mol. The fourth-order valence-electron chi connectivity index (χ4n) is 1.74. The molecule has 0 saturated heterocycles. The maximum atomic E-state index is 10.6. The zero-order valence-corrected chi connectivity index (χ0v) is 10.6. The van der Waals surface area contributed by atoms with E-state index >= 15 is 0 Å². The van der Waals surface area contributed by atoms with Crippen LogP contribution in [0.5, 0.6) is 0 Å². The Bertz CT molecular complexity index is 295. The van der Waals surface area contributed by atoms with Crippen molar-refractivity contribution in [3.63, 3.8) is 0 Å². The first-order chi connectivity index (χ1) is 8.36. The summed E-state index contributed by atoms with van der Waals surface area (Å²) < 4.78 is 5.58. The Labute approximate surface area is 104 Å². The van der Waals surface area contributed by atoms with E-state index in [0.717, 1.165) is 38.6 Å². The largest absolute Gasteiger partial charge is 0.377 e. The second-order valence-electron chi connectivity index (χ2n) is 4.34. The molecule has 0 N–H and O–H groups in total. The summed E-state index contributed by atoms with van der Waals surface area (Å²) >= 11 is 0. The van der Waals surface area contributed by atoms with Gasteiger partial charge >= 0.3 is 0 Å². The number of hydrogen-bond acceptors (Lipinski definition) is 2. The fourth-order valence-corrected chi connectivity index (χ4v) is 1.74. The van der Waals surface area contributed by atoms with Crippen LogP contribution >= 0.6 is 0 Å². The van der Waals surface area contributed by atoms with E-state index in [4.69, 9.17) is 4.74 Å². The molecule has 0 amide bonds. The third-order valence-electron chi connectivity index (χ3n) is 2.94. The van der Waals surface area contributed by atoms with Crippen LogP contribution in [0.3, 0.4) is 0 Å². The highest BCUT2D eigenvalue weighted by molar-refractivity contribution is 5.53. The van der Waals surface area contributed by atoms with E-state index in [2.05, 4.69) is 19.1 Å². The lowest BCUT2D eigenvalue weighted by Gasteiger charge is -2.07. The van der Waals surface area contributed by atoms with Gasteiger partial charge in [0.05, 0.1) is 6.61 Å². The Morgan fingerprint density at radius 2 is 2.00 bits per heavy atom. The van der Waals surface area contributed by atoms with Crippen molar-refractivity contribution in [1.29, 1.82) is 0 Å². The van der Waals surface area contributed by atoms with E-state index in [0.29, 0.717) is 6.61 Å². The van der Waals surface area contributed by atoms with E-state index < -0.39 is 0 Å². The zero-order valence-electron chi connectivity index (χ0n) is 10.6. The van der Waals surface area contributed by atoms with Gasteiger partial charge in [-0.15, -0.1) is 0 Å². The molecule has 1 aromatic carbocycles. The van der Waals surface area contributed by atoms with Crippen LogP contribution in [0.4, 0.5) is 0 Å². The molecule has 0 radical (unpaired) electrons. The summed E-state index contributed by atoms with van der Waals surface area (Å²) in [5, 5.41) is 0. The summed E-state index contributed by atoms with van der Waals surface area (Å²) in [6, 6.07) is 10.2. The molecule has 0 bridgehead atoms. The average Bonchev–Trinajstić information content (AvgIpc) is 2.39. The number of hydrogen-bond donors (Lipinski definition) is 0. The van der Waals surface area contributed by atoms with Crippen LogP contribution in [0.15, 0.2) is 30.3 Å².